The van der Waals surface area contributed by atoms with Gasteiger partial charge in [-0.05, 0) is 62.4 Å². The van der Waals surface area contributed by atoms with Crippen molar-refractivity contribution in [2.24, 2.45) is 5.92 Å². The minimum atomic E-state index is -4.53. The fourth-order valence-corrected chi connectivity index (χ4v) is 4.56. The van der Waals surface area contributed by atoms with Gasteiger partial charge in [0.2, 0.25) is 0 Å². The van der Waals surface area contributed by atoms with Crippen LogP contribution in [0.2, 0.25) is 0 Å². The molecule has 1 saturated carbocycles. The number of hydrogen-bond acceptors (Lipinski definition) is 2. The van der Waals surface area contributed by atoms with Crippen molar-refractivity contribution in [1.82, 2.24) is 10.2 Å². The zero-order chi connectivity index (χ0) is 19.3. The van der Waals surface area contributed by atoms with Crippen LogP contribution in [0.15, 0.2) is 18.2 Å². The van der Waals surface area contributed by atoms with Crippen molar-refractivity contribution in [1.29, 1.82) is 0 Å². The summed E-state index contributed by atoms with van der Waals surface area (Å²) in [6, 6.07) is 3.40. The van der Waals surface area contributed by atoms with E-state index in [1.165, 1.54) is 31.7 Å². The minimum Gasteiger partial charge on any atom is -0.317 e. The summed E-state index contributed by atoms with van der Waals surface area (Å²) in [6.07, 6.45) is 4.67. The third-order valence-corrected chi connectivity index (χ3v) is 6.04. The van der Waals surface area contributed by atoms with Gasteiger partial charge in [0.1, 0.15) is 5.82 Å². The van der Waals surface area contributed by atoms with E-state index in [0.29, 0.717) is 18.0 Å². The lowest BCUT2D eigenvalue weighted by Gasteiger charge is -2.37. The van der Waals surface area contributed by atoms with Gasteiger partial charge in [0, 0.05) is 19.1 Å². The van der Waals surface area contributed by atoms with Gasteiger partial charge in [0.15, 0.2) is 0 Å². The molecule has 1 aliphatic heterocycles. The molecule has 0 bridgehead atoms. The molecule has 0 amide bonds. The van der Waals surface area contributed by atoms with Crippen LogP contribution >= 0.6 is 0 Å². The maximum Gasteiger partial charge on any atom is 0.416 e. The fraction of sp³-hybridized carbons (Fsp3) is 0.714. The topological polar surface area (TPSA) is 15.3 Å². The summed E-state index contributed by atoms with van der Waals surface area (Å²) in [5.74, 6) is -0.277. The van der Waals surface area contributed by atoms with Gasteiger partial charge in [-0.25, -0.2) is 4.39 Å². The third-order valence-electron chi connectivity index (χ3n) is 6.04. The van der Waals surface area contributed by atoms with E-state index < -0.39 is 17.6 Å². The molecule has 1 aromatic carbocycles. The second-order valence-electron chi connectivity index (χ2n) is 8.07. The molecule has 3 rings (SSSR count). The lowest BCUT2D eigenvalue weighted by Crippen LogP contribution is -2.44. The molecule has 1 aromatic rings. The molecule has 0 radical (unpaired) electrons. The molecule has 6 heteroatoms. The van der Waals surface area contributed by atoms with Crippen LogP contribution in [0.3, 0.4) is 0 Å². The Morgan fingerprint density at radius 3 is 2.26 bits per heavy atom. The molecule has 0 atom stereocenters. The SMILES string of the molecule is Fc1ccc(CN(CC2CCCCCC2)C2CCNCC2)c(C(F)(F)F)c1. The standard InChI is InChI=1S/C21H30F4N2/c22-18-8-7-17(20(13-18)21(23,24)25)15-27(19-9-11-26-12-10-19)14-16-5-3-1-2-4-6-16/h7-8,13,16,19,26H,1-6,9-12,14-15H2. The average Bonchev–Trinajstić information content (AvgIpc) is 2.91. The highest BCUT2D eigenvalue weighted by atomic mass is 19.4. The maximum atomic E-state index is 13.5. The first-order valence-corrected chi connectivity index (χ1v) is 10.2. The van der Waals surface area contributed by atoms with Gasteiger partial charge in [-0.2, -0.15) is 13.2 Å². The first-order chi connectivity index (χ1) is 12.9. The van der Waals surface area contributed by atoms with Crippen molar-refractivity contribution in [2.45, 2.75) is 70.1 Å². The minimum absolute atomic E-state index is 0.191. The Bertz CT molecular complexity index is 588. The van der Waals surface area contributed by atoms with Gasteiger partial charge in [-0.3, -0.25) is 4.90 Å². The van der Waals surface area contributed by atoms with Crippen LogP contribution in [-0.2, 0) is 12.7 Å². The van der Waals surface area contributed by atoms with E-state index in [9.17, 15) is 17.6 Å². The van der Waals surface area contributed by atoms with Crippen molar-refractivity contribution in [2.75, 3.05) is 19.6 Å². The van der Waals surface area contributed by atoms with Gasteiger partial charge in [-0.1, -0.05) is 31.7 Å². The number of nitrogens with one attached hydrogen (secondary N) is 1. The summed E-state index contributed by atoms with van der Waals surface area (Å²) >= 11 is 0. The molecule has 2 aliphatic rings. The van der Waals surface area contributed by atoms with Crippen molar-refractivity contribution in [3.63, 3.8) is 0 Å². The Labute approximate surface area is 159 Å². The molecule has 0 unspecified atom stereocenters. The molecular weight excluding hydrogens is 356 g/mol. The molecule has 2 nitrogen and oxygen atoms in total. The summed E-state index contributed by atoms with van der Waals surface area (Å²) < 4.78 is 53.8. The largest absolute Gasteiger partial charge is 0.416 e. The van der Waals surface area contributed by atoms with Gasteiger partial charge in [-0.15, -0.1) is 0 Å². The summed E-state index contributed by atoms with van der Waals surface area (Å²) in [5.41, 5.74) is -0.640. The summed E-state index contributed by atoms with van der Waals surface area (Å²) in [7, 11) is 0. The number of piperidine rings is 1. The number of hydrogen-bond donors (Lipinski definition) is 1. The number of rotatable bonds is 5. The second-order valence-corrected chi connectivity index (χ2v) is 8.07. The highest BCUT2D eigenvalue weighted by Crippen LogP contribution is 2.34. The molecule has 1 N–H and O–H groups in total. The van der Waals surface area contributed by atoms with Crippen LogP contribution in [0, 0.1) is 11.7 Å². The lowest BCUT2D eigenvalue weighted by molar-refractivity contribution is -0.138. The number of alkyl halides is 3. The first-order valence-electron chi connectivity index (χ1n) is 10.2. The summed E-state index contributed by atoms with van der Waals surface area (Å²) in [5, 5.41) is 3.33. The van der Waals surface area contributed by atoms with Gasteiger partial charge in [0.05, 0.1) is 5.56 Å². The van der Waals surface area contributed by atoms with Gasteiger partial charge < -0.3 is 5.32 Å². The highest BCUT2D eigenvalue weighted by Gasteiger charge is 2.35. The normalized spacial score (nSPS) is 20.8. The van der Waals surface area contributed by atoms with Crippen LogP contribution < -0.4 is 5.32 Å². The van der Waals surface area contributed by atoms with Crippen molar-refractivity contribution in [3.05, 3.63) is 35.1 Å². The number of nitrogens with zero attached hydrogens (tertiary/aromatic N) is 1. The smallest absolute Gasteiger partial charge is 0.317 e. The van der Waals surface area contributed by atoms with Gasteiger partial charge in [0.25, 0.3) is 0 Å². The van der Waals surface area contributed by atoms with E-state index in [1.54, 1.807) is 0 Å². The molecule has 1 saturated heterocycles. The Morgan fingerprint density at radius 2 is 1.63 bits per heavy atom. The van der Waals surface area contributed by atoms with E-state index in [1.807, 2.05) is 0 Å². The first kappa shape index (κ1) is 20.6. The van der Waals surface area contributed by atoms with E-state index in [2.05, 4.69) is 10.2 Å². The van der Waals surface area contributed by atoms with Crippen molar-refractivity contribution >= 4 is 0 Å². The van der Waals surface area contributed by atoms with Crippen LogP contribution in [0.25, 0.3) is 0 Å². The van der Waals surface area contributed by atoms with Crippen LogP contribution in [0.1, 0.15) is 62.5 Å². The predicted octanol–water partition coefficient (Wildman–Crippen LogP) is 5.37. The molecule has 27 heavy (non-hydrogen) atoms. The lowest BCUT2D eigenvalue weighted by atomic mass is 9.95. The average molecular weight is 386 g/mol. The van der Waals surface area contributed by atoms with Crippen LogP contribution in [0.4, 0.5) is 17.6 Å². The fourth-order valence-electron chi connectivity index (χ4n) is 4.56. The van der Waals surface area contributed by atoms with Crippen molar-refractivity contribution < 1.29 is 17.6 Å². The Balaban J connectivity index is 1.80. The number of halogens is 4. The molecule has 0 spiro atoms. The summed E-state index contributed by atoms with van der Waals surface area (Å²) in [4.78, 5) is 2.25. The molecule has 0 aromatic heterocycles. The van der Waals surface area contributed by atoms with E-state index >= 15 is 0 Å². The monoisotopic (exact) mass is 386 g/mol. The molecule has 152 valence electrons. The highest BCUT2D eigenvalue weighted by molar-refractivity contribution is 5.30. The van der Waals surface area contributed by atoms with Gasteiger partial charge >= 0.3 is 6.18 Å². The molecule has 2 fully saturated rings. The zero-order valence-corrected chi connectivity index (χ0v) is 15.8. The Kier molecular flexibility index (Phi) is 7.15. The Hall–Kier alpha value is -1.14. The summed E-state index contributed by atoms with van der Waals surface area (Å²) in [6.45, 7) is 2.90. The molecule has 1 heterocycles. The van der Waals surface area contributed by atoms with E-state index in [0.717, 1.165) is 51.4 Å². The van der Waals surface area contributed by atoms with Crippen molar-refractivity contribution in [3.8, 4) is 0 Å². The van der Waals surface area contributed by atoms with E-state index in [4.69, 9.17) is 0 Å². The third kappa shape index (κ3) is 5.92. The van der Waals surface area contributed by atoms with E-state index in [-0.39, 0.29) is 12.1 Å². The quantitative estimate of drug-likeness (QED) is 0.541. The van der Waals surface area contributed by atoms with Crippen LogP contribution in [0.5, 0.6) is 0 Å². The maximum absolute atomic E-state index is 13.5. The molecule has 1 aliphatic carbocycles. The number of benzene rings is 1. The zero-order valence-electron chi connectivity index (χ0n) is 15.8. The van der Waals surface area contributed by atoms with Crippen LogP contribution in [-0.4, -0.2) is 30.6 Å². The molecular formula is C21H30F4N2. The second kappa shape index (κ2) is 9.37. The predicted molar refractivity (Wildman–Crippen MR) is 98.9 cm³/mol. The Morgan fingerprint density at radius 1 is 0.963 bits per heavy atom.